The molecular formula is C8H6ClN5S. The Bertz CT molecular complexity index is 484. The molecule has 7 heteroatoms. The second kappa shape index (κ2) is 4.29. The third-order valence-corrected chi connectivity index (χ3v) is 2.99. The Hall–Kier alpha value is -1.58. The summed E-state index contributed by atoms with van der Waals surface area (Å²) in [6, 6.07) is 1.97. The molecule has 0 bridgehead atoms. The highest BCUT2D eigenvalue weighted by atomic mass is 35.5. The largest absolute Gasteiger partial charge is 0.357 e. The van der Waals surface area contributed by atoms with Crippen molar-refractivity contribution in [1.29, 1.82) is 5.26 Å². The Morgan fingerprint density at radius 1 is 1.67 bits per heavy atom. The number of hydrogen-bond acceptors (Lipinski definition) is 5. The number of aromatic amines is 1. The molecule has 15 heavy (non-hydrogen) atoms. The Morgan fingerprint density at radius 3 is 3.13 bits per heavy atom. The minimum Gasteiger partial charge on any atom is -0.357 e. The summed E-state index contributed by atoms with van der Waals surface area (Å²) in [5, 5.41) is 19.1. The fourth-order valence-electron chi connectivity index (χ4n) is 0.998. The monoisotopic (exact) mass is 239 g/mol. The predicted molar refractivity (Wildman–Crippen MR) is 57.8 cm³/mol. The molecule has 0 aliphatic carbocycles. The summed E-state index contributed by atoms with van der Waals surface area (Å²) in [7, 11) is 0. The first-order valence-corrected chi connectivity index (χ1v) is 5.27. The molecule has 5 nitrogen and oxygen atoms in total. The van der Waals surface area contributed by atoms with Crippen LogP contribution in [0.5, 0.6) is 0 Å². The first-order valence-electron chi connectivity index (χ1n) is 4.07. The van der Waals surface area contributed by atoms with Gasteiger partial charge in [-0.1, -0.05) is 22.9 Å². The van der Waals surface area contributed by atoms with Gasteiger partial charge >= 0.3 is 0 Å². The van der Waals surface area contributed by atoms with Gasteiger partial charge in [0.05, 0.1) is 6.20 Å². The molecule has 2 rings (SSSR count). The molecule has 0 radical (unpaired) electrons. The molecule has 0 aliphatic rings. The average Bonchev–Trinajstić information content (AvgIpc) is 2.83. The van der Waals surface area contributed by atoms with Crippen LogP contribution in [0.1, 0.15) is 10.4 Å². The highest BCUT2D eigenvalue weighted by Crippen LogP contribution is 2.25. The van der Waals surface area contributed by atoms with E-state index >= 15 is 0 Å². The molecule has 0 saturated carbocycles. The Labute approximate surface area is 94.7 Å². The first kappa shape index (κ1) is 9.96. The molecule has 2 N–H and O–H groups in total. The molecule has 2 aromatic rings. The fraction of sp³-hybridized carbons (Fsp3) is 0.125. The van der Waals surface area contributed by atoms with Gasteiger partial charge in [0.25, 0.3) is 0 Å². The van der Waals surface area contributed by atoms with E-state index in [9.17, 15) is 0 Å². The average molecular weight is 240 g/mol. The Morgan fingerprint density at radius 2 is 2.53 bits per heavy atom. The van der Waals surface area contributed by atoms with Crippen molar-refractivity contribution in [2.75, 3.05) is 5.32 Å². The van der Waals surface area contributed by atoms with E-state index in [1.165, 1.54) is 11.3 Å². The van der Waals surface area contributed by atoms with E-state index in [2.05, 4.69) is 20.5 Å². The smallest absolute Gasteiger partial charge is 0.185 e. The van der Waals surface area contributed by atoms with Crippen molar-refractivity contribution in [2.45, 2.75) is 6.54 Å². The molecule has 0 spiro atoms. The molecule has 0 fully saturated rings. The lowest BCUT2D eigenvalue weighted by molar-refractivity contribution is 1.09. The molecule has 0 atom stereocenters. The first-order chi connectivity index (χ1) is 7.29. The van der Waals surface area contributed by atoms with Crippen LogP contribution in [-0.4, -0.2) is 15.2 Å². The Balaban J connectivity index is 2.03. The van der Waals surface area contributed by atoms with Crippen molar-refractivity contribution >= 4 is 28.1 Å². The van der Waals surface area contributed by atoms with Crippen molar-refractivity contribution in [3.63, 3.8) is 0 Å². The number of nitriles is 1. The number of aromatic nitrogens is 3. The number of nitrogens with zero attached hydrogens (tertiary/aromatic N) is 3. The molecule has 0 saturated heterocycles. The summed E-state index contributed by atoms with van der Waals surface area (Å²) in [5.41, 5.74) is 1.01. The van der Waals surface area contributed by atoms with Gasteiger partial charge in [0, 0.05) is 18.3 Å². The van der Waals surface area contributed by atoms with E-state index in [-0.39, 0.29) is 5.15 Å². The van der Waals surface area contributed by atoms with Crippen molar-refractivity contribution < 1.29 is 0 Å². The predicted octanol–water partition coefficient (Wildman–Crippen LogP) is 2.00. The molecule has 0 aliphatic heterocycles. The normalized spacial score (nSPS) is 9.87. The van der Waals surface area contributed by atoms with E-state index in [0.29, 0.717) is 16.6 Å². The van der Waals surface area contributed by atoms with Crippen molar-refractivity contribution in [3.05, 3.63) is 28.0 Å². The summed E-state index contributed by atoms with van der Waals surface area (Å²) < 4.78 is 0. The van der Waals surface area contributed by atoms with E-state index in [1.54, 1.807) is 12.4 Å². The lowest BCUT2D eigenvalue weighted by Gasteiger charge is -1.97. The maximum absolute atomic E-state index is 8.68. The maximum atomic E-state index is 8.68. The third kappa shape index (κ3) is 2.26. The number of nitrogens with one attached hydrogen (secondary N) is 2. The molecule has 0 amide bonds. The molecule has 2 heterocycles. The van der Waals surface area contributed by atoms with Crippen LogP contribution in [0.2, 0.25) is 5.15 Å². The standard InChI is InChI=1S/C8H6ClN5S/c9-7-6(1-10)15-8(14-7)11-2-5-3-12-13-4-5/h3-4H,2H2,(H,11,14)(H,12,13). The summed E-state index contributed by atoms with van der Waals surface area (Å²) >= 11 is 6.96. The lowest BCUT2D eigenvalue weighted by Crippen LogP contribution is -1.96. The number of H-pyrrole nitrogens is 1. The molecule has 0 aromatic carbocycles. The van der Waals surface area contributed by atoms with Crippen LogP contribution >= 0.6 is 22.9 Å². The van der Waals surface area contributed by atoms with Crippen molar-refractivity contribution in [3.8, 4) is 6.07 Å². The number of hydrogen-bond donors (Lipinski definition) is 2. The van der Waals surface area contributed by atoms with Gasteiger partial charge in [-0.3, -0.25) is 5.10 Å². The van der Waals surface area contributed by atoms with Gasteiger partial charge in [-0.25, -0.2) is 4.98 Å². The number of halogens is 1. The second-order valence-corrected chi connectivity index (χ2v) is 4.07. The quantitative estimate of drug-likeness (QED) is 0.859. The molecule has 0 unspecified atom stereocenters. The van der Waals surface area contributed by atoms with E-state index in [4.69, 9.17) is 16.9 Å². The van der Waals surface area contributed by atoms with Crippen LogP contribution < -0.4 is 5.32 Å². The summed E-state index contributed by atoms with van der Waals surface area (Å²) in [4.78, 5) is 4.42. The molecule has 2 aromatic heterocycles. The maximum Gasteiger partial charge on any atom is 0.185 e. The van der Waals surface area contributed by atoms with Gasteiger partial charge in [-0.2, -0.15) is 10.4 Å². The van der Waals surface area contributed by atoms with Crippen molar-refractivity contribution in [2.24, 2.45) is 0 Å². The zero-order valence-electron chi connectivity index (χ0n) is 7.49. The minimum absolute atomic E-state index is 0.247. The highest BCUT2D eigenvalue weighted by molar-refractivity contribution is 7.16. The Kier molecular flexibility index (Phi) is 2.85. The van der Waals surface area contributed by atoms with Gasteiger partial charge in [-0.15, -0.1) is 0 Å². The number of rotatable bonds is 3. The van der Waals surface area contributed by atoms with Crippen LogP contribution in [-0.2, 0) is 6.54 Å². The van der Waals surface area contributed by atoms with Gasteiger partial charge in [0.2, 0.25) is 0 Å². The lowest BCUT2D eigenvalue weighted by atomic mass is 10.4. The second-order valence-electron chi connectivity index (χ2n) is 2.71. The van der Waals surface area contributed by atoms with Crippen LogP contribution in [0.3, 0.4) is 0 Å². The molecule has 76 valence electrons. The van der Waals surface area contributed by atoms with Crippen LogP contribution in [0.4, 0.5) is 5.13 Å². The van der Waals surface area contributed by atoms with Gasteiger partial charge < -0.3 is 5.32 Å². The summed E-state index contributed by atoms with van der Waals surface area (Å²) in [5.74, 6) is 0. The molecular weight excluding hydrogens is 234 g/mol. The van der Waals surface area contributed by atoms with Crippen LogP contribution in [0, 0.1) is 11.3 Å². The number of anilines is 1. The van der Waals surface area contributed by atoms with Gasteiger partial charge in [-0.05, 0) is 0 Å². The van der Waals surface area contributed by atoms with E-state index in [1.807, 2.05) is 6.07 Å². The van der Waals surface area contributed by atoms with E-state index in [0.717, 1.165) is 5.56 Å². The van der Waals surface area contributed by atoms with E-state index < -0.39 is 0 Å². The SMILES string of the molecule is N#Cc1sc(NCc2cn[nH]c2)nc1Cl. The summed E-state index contributed by atoms with van der Waals surface area (Å²) in [6.07, 6.45) is 3.50. The highest BCUT2D eigenvalue weighted by Gasteiger charge is 2.07. The minimum atomic E-state index is 0.247. The third-order valence-electron chi connectivity index (χ3n) is 1.69. The van der Waals surface area contributed by atoms with Crippen LogP contribution in [0.15, 0.2) is 12.4 Å². The zero-order valence-corrected chi connectivity index (χ0v) is 9.06. The fourth-order valence-corrected chi connectivity index (χ4v) is 1.94. The van der Waals surface area contributed by atoms with Gasteiger partial charge in [0.1, 0.15) is 10.9 Å². The van der Waals surface area contributed by atoms with Gasteiger partial charge in [0.15, 0.2) is 10.3 Å². The van der Waals surface area contributed by atoms with Crippen molar-refractivity contribution in [1.82, 2.24) is 15.2 Å². The number of thiazole rings is 1. The summed E-state index contributed by atoms with van der Waals surface area (Å²) in [6.45, 7) is 0.602. The van der Waals surface area contributed by atoms with Crippen LogP contribution in [0.25, 0.3) is 0 Å². The topological polar surface area (TPSA) is 77.4 Å². The zero-order chi connectivity index (χ0) is 10.7.